The quantitative estimate of drug-likeness (QED) is 0.0169. The Balaban J connectivity index is 5.23. The first kappa shape index (κ1) is 101. The Bertz CT molecular complexity index is 2070. The van der Waals surface area contributed by atoms with Gasteiger partial charge in [0.2, 0.25) is 0 Å². The van der Waals surface area contributed by atoms with E-state index < -0.39 is 97.5 Å². The van der Waals surface area contributed by atoms with Crippen molar-refractivity contribution in [2.45, 2.75) is 439 Å². The molecule has 0 aromatic heterocycles. The molecule has 19 heteroatoms. The SMILES string of the molecule is CCCCCC/C=C\C=C/CCCCCCCC(=O)O[C@H](COC(=O)CCCCCCCCC(C)C)COP(=O)(O)OC[C@H](O)COP(=O)(O)OC[C@@H](COC(=O)CCCCCCCCCCCCCCCCC(C)C)OC(=O)CCCCCCCCCCCCCCCCCCCCCCCC. The minimum absolute atomic E-state index is 0.0842. The van der Waals surface area contributed by atoms with Crippen LogP contribution in [0.5, 0.6) is 0 Å². The van der Waals surface area contributed by atoms with Crippen molar-refractivity contribution >= 4 is 39.5 Å². The molecule has 0 fully saturated rings. The van der Waals surface area contributed by atoms with Crippen LogP contribution < -0.4 is 0 Å². The summed E-state index contributed by atoms with van der Waals surface area (Å²) >= 11 is 0. The monoisotopic (exact) mass is 1500 g/mol. The largest absolute Gasteiger partial charge is 0.472 e. The molecular weight excluding hydrogens is 1340 g/mol. The first-order valence-electron chi connectivity index (χ1n) is 42.8. The van der Waals surface area contributed by atoms with Gasteiger partial charge < -0.3 is 33.8 Å². The summed E-state index contributed by atoms with van der Waals surface area (Å²) in [6.45, 7) is 9.52. The van der Waals surface area contributed by atoms with Crippen molar-refractivity contribution in [3.63, 3.8) is 0 Å². The van der Waals surface area contributed by atoms with Gasteiger partial charge in [-0.05, 0) is 63.2 Å². The lowest BCUT2D eigenvalue weighted by Gasteiger charge is -2.21. The van der Waals surface area contributed by atoms with Gasteiger partial charge in [0.1, 0.15) is 19.3 Å². The number of phosphoric acid groups is 2. The van der Waals surface area contributed by atoms with Gasteiger partial charge in [-0.2, -0.15) is 0 Å². The Hall–Kier alpha value is -2.46. The van der Waals surface area contributed by atoms with Crippen LogP contribution in [0, 0.1) is 11.8 Å². The van der Waals surface area contributed by atoms with Gasteiger partial charge in [0, 0.05) is 25.7 Å². The normalized spacial score (nSPS) is 14.0. The number of esters is 4. The fourth-order valence-corrected chi connectivity index (χ4v) is 14.1. The topological polar surface area (TPSA) is 237 Å². The van der Waals surface area contributed by atoms with E-state index in [1.54, 1.807) is 0 Å². The number of aliphatic hydroxyl groups is 1. The van der Waals surface area contributed by atoms with Crippen molar-refractivity contribution in [1.82, 2.24) is 0 Å². The second-order valence-corrected chi connectivity index (χ2v) is 33.4. The minimum Gasteiger partial charge on any atom is -0.462 e. The molecule has 0 aliphatic rings. The highest BCUT2D eigenvalue weighted by atomic mass is 31.2. The number of aliphatic hydroxyl groups excluding tert-OH is 1. The molecule has 0 aromatic rings. The third kappa shape index (κ3) is 77.5. The van der Waals surface area contributed by atoms with E-state index in [2.05, 4.69) is 65.8 Å². The predicted molar refractivity (Wildman–Crippen MR) is 423 cm³/mol. The lowest BCUT2D eigenvalue weighted by molar-refractivity contribution is -0.161. The van der Waals surface area contributed by atoms with Gasteiger partial charge in [-0.1, -0.05) is 368 Å². The number of hydrogen-bond acceptors (Lipinski definition) is 15. The molecule has 17 nitrogen and oxygen atoms in total. The van der Waals surface area contributed by atoms with Crippen molar-refractivity contribution in [1.29, 1.82) is 0 Å². The first-order valence-corrected chi connectivity index (χ1v) is 45.8. The van der Waals surface area contributed by atoms with Crippen LogP contribution in [0.15, 0.2) is 24.3 Å². The Morgan fingerprint density at radius 3 is 0.796 bits per heavy atom. The molecule has 103 heavy (non-hydrogen) atoms. The predicted octanol–water partition coefficient (Wildman–Crippen LogP) is 25.0. The van der Waals surface area contributed by atoms with Crippen LogP contribution in [0.25, 0.3) is 0 Å². The van der Waals surface area contributed by atoms with Gasteiger partial charge in [-0.25, -0.2) is 9.13 Å². The summed E-state index contributed by atoms with van der Waals surface area (Å²) in [6, 6.07) is 0. The number of allylic oxidation sites excluding steroid dienone is 4. The first-order chi connectivity index (χ1) is 49.9. The molecule has 0 aliphatic carbocycles. The zero-order chi connectivity index (χ0) is 75.6. The van der Waals surface area contributed by atoms with Crippen molar-refractivity contribution in [2.75, 3.05) is 39.6 Å². The molecule has 0 aliphatic heterocycles. The lowest BCUT2D eigenvalue weighted by Crippen LogP contribution is -2.30. The van der Waals surface area contributed by atoms with Crippen LogP contribution >= 0.6 is 15.6 Å². The molecule has 608 valence electrons. The summed E-state index contributed by atoms with van der Waals surface area (Å²) in [7, 11) is -9.94. The summed E-state index contributed by atoms with van der Waals surface area (Å²) in [6.07, 6.45) is 69.1. The molecule has 0 spiro atoms. The number of phosphoric ester groups is 2. The zero-order valence-electron chi connectivity index (χ0n) is 67.1. The van der Waals surface area contributed by atoms with Crippen LogP contribution in [-0.4, -0.2) is 96.7 Å². The van der Waals surface area contributed by atoms with E-state index in [0.717, 1.165) is 115 Å². The standard InChI is InChI=1S/C84H160O17P2/c1-7-9-11-13-15-17-19-21-23-24-25-26-27-28-29-31-37-41-45-49-57-63-68-83(88)100-79(72-94-81(86)66-60-54-47-43-39-35-33-32-34-38-42-46-52-58-64-76(3)4)74-98-102(90,91)96-70-78(85)71-97-103(92,93)99-75-80(73-95-82(87)67-61-55-51-50-53-59-65-77(5)6)101-84(89)69-62-56-48-44-40-36-30-22-20-18-16-14-12-10-8-2/h18,20,22,30,76-80,85H,7-17,19,21,23-29,31-75H2,1-6H3,(H,90,91)(H,92,93)/b20-18-,30-22-/t78-,79-,80-/m1/s1. The summed E-state index contributed by atoms with van der Waals surface area (Å²) in [4.78, 5) is 73.0. The van der Waals surface area contributed by atoms with Gasteiger partial charge in [0.15, 0.2) is 12.2 Å². The maximum atomic E-state index is 13.1. The number of rotatable bonds is 81. The van der Waals surface area contributed by atoms with Crippen molar-refractivity contribution in [3.8, 4) is 0 Å². The van der Waals surface area contributed by atoms with Crippen LogP contribution in [0.2, 0.25) is 0 Å². The van der Waals surface area contributed by atoms with E-state index in [-0.39, 0.29) is 25.7 Å². The third-order valence-electron chi connectivity index (χ3n) is 19.1. The molecule has 3 N–H and O–H groups in total. The van der Waals surface area contributed by atoms with Crippen molar-refractivity contribution in [2.24, 2.45) is 11.8 Å². The minimum atomic E-state index is -4.97. The van der Waals surface area contributed by atoms with Gasteiger partial charge in [-0.3, -0.25) is 37.3 Å². The van der Waals surface area contributed by atoms with Gasteiger partial charge in [0.25, 0.3) is 0 Å². The highest BCUT2D eigenvalue weighted by Gasteiger charge is 2.30. The second kappa shape index (κ2) is 75.0. The lowest BCUT2D eigenvalue weighted by atomic mass is 10.0. The van der Waals surface area contributed by atoms with E-state index in [1.807, 2.05) is 0 Å². The Labute approximate surface area is 631 Å². The summed E-state index contributed by atoms with van der Waals surface area (Å²) in [5, 5.41) is 10.6. The molecular formula is C84H160O17P2. The number of ether oxygens (including phenoxy) is 4. The van der Waals surface area contributed by atoms with Crippen molar-refractivity contribution < 1.29 is 80.2 Å². The number of hydrogen-bond donors (Lipinski definition) is 3. The van der Waals surface area contributed by atoms with Crippen LogP contribution in [0.1, 0.15) is 420 Å². The summed E-state index contributed by atoms with van der Waals surface area (Å²) in [5.74, 6) is -0.666. The highest BCUT2D eigenvalue weighted by molar-refractivity contribution is 7.47. The molecule has 0 amide bonds. The summed E-state index contributed by atoms with van der Waals surface area (Å²) in [5.41, 5.74) is 0. The van der Waals surface area contributed by atoms with Crippen LogP contribution in [-0.2, 0) is 65.4 Å². The Morgan fingerprint density at radius 1 is 0.301 bits per heavy atom. The molecule has 0 saturated carbocycles. The van der Waals surface area contributed by atoms with Crippen LogP contribution in [0.3, 0.4) is 0 Å². The fraction of sp³-hybridized carbons (Fsp3) is 0.905. The average Bonchev–Trinajstić information content (AvgIpc) is 0.923. The molecule has 0 saturated heterocycles. The number of unbranched alkanes of at least 4 members (excludes halogenated alkanes) is 48. The van der Waals surface area contributed by atoms with Crippen molar-refractivity contribution in [3.05, 3.63) is 24.3 Å². The summed E-state index contributed by atoms with van der Waals surface area (Å²) < 4.78 is 68.7. The van der Waals surface area contributed by atoms with E-state index in [4.69, 9.17) is 37.0 Å². The number of carbonyl (C=O) groups is 4. The average molecular weight is 1500 g/mol. The maximum Gasteiger partial charge on any atom is 0.472 e. The van der Waals surface area contributed by atoms with Gasteiger partial charge in [0.05, 0.1) is 26.4 Å². The Morgan fingerprint density at radius 2 is 0.524 bits per heavy atom. The molecule has 2 unspecified atom stereocenters. The van der Waals surface area contributed by atoms with E-state index in [9.17, 15) is 43.2 Å². The molecule has 0 bridgehead atoms. The molecule has 5 atom stereocenters. The van der Waals surface area contributed by atoms with E-state index in [0.29, 0.717) is 31.6 Å². The fourth-order valence-electron chi connectivity index (χ4n) is 12.5. The van der Waals surface area contributed by atoms with E-state index in [1.165, 1.54) is 218 Å². The molecule has 0 heterocycles. The number of carbonyl (C=O) groups excluding carboxylic acids is 4. The molecule has 0 rings (SSSR count). The van der Waals surface area contributed by atoms with E-state index >= 15 is 0 Å². The van der Waals surface area contributed by atoms with Gasteiger partial charge in [-0.15, -0.1) is 0 Å². The molecule has 0 aromatic carbocycles. The zero-order valence-corrected chi connectivity index (χ0v) is 68.9. The third-order valence-corrected chi connectivity index (χ3v) is 21.0. The maximum absolute atomic E-state index is 13.1. The second-order valence-electron chi connectivity index (χ2n) is 30.5. The Kier molecular flexibility index (Phi) is 73.2. The van der Waals surface area contributed by atoms with Crippen LogP contribution in [0.4, 0.5) is 0 Å². The highest BCUT2D eigenvalue weighted by Crippen LogP contribution is 2.45. The van der Waals surface area contributed by atoms with Gasteiger partial charge >= 0.3 is 39.5 Å². The molecule has 0 radical (unpaired) electrons. The smallest absolute Gasteiger partial charge is 0.462 e.